The molecule has 0 spiro atoms. The number of rotatable bonds is 11. The van der Waals surface area contributed by atoms with Crippen molar-refractivity contribution in [3.05, 3.63) is 35.4 Å². The quantitative estimate of drug-likeness (QED) is 0.335. The van der Waals surface area contributed by atoms with Gasteiger partial charge in [-0.2, -0.15) is 0 Å². The van der Waals surface area contributed by atoms with E-state index in [1.165, 1.54) is 0 Å². The molecule has 7 heteroatoms. The molecule has 3 atom stereocenters. The maximum absolute atomic E-state index is 14.2. The number of amides is 3. The molecule has 0 aromatic heterocycles. The Bertz CT molecular complexity index is 925. The van der Waals surface area contributed by atoms with Gasteiger partial charge in [0.25, 0.3) is 0 Å². The van der Waals surface area contributed by atoms with Crippen molar-refractivity contribution in [1.29, 1.82) is 0 Å². The van der Waals surface area contributed by atoms with Crippen LogP contribution < -0.4 is 10.6 Å². The molecule has 36 heavy (non-hydrogen) atoms. The molecule has 0 bridgehead atoms. The number of benzene rings is 1. The topological polar surface area (TPSA) is 87.7 Å². The second-order valence-corrected chi connectivity index (χ2v) is 10.7. The fourth-order valence-corrected chi connectivity index (χ4v) is 4.15. The Morgan fingerprint density at radius 1 is 1.17 bits per heavy atom. The first kappa shape index (κ1) is 29.2. The largest absolute Gasteiger partial charge is 0.444 e. The predicted octanol–water partition coefficient (Wildman–Crippen LogP) is 4.95. The van der Waals surface area contributed by atoms with E-state index in [-0.39, 0.29) is 23.8 Å². The van der Waals surface area contributed by atoms with Gasteiger partial charge in [0.15, 0.2) is 0 Å². The summed E-state index contributed by atoms with van der Waals surface area (Å²) in [5.74, 6) is 1.96. The molecule has 7 nitrogen and oxygen atoms in total. The van der Waals surface area contributed by atoms with Gasteiger partial charge in [-0.25, -0.2) is 4.79 Å². The molecule has 2 rings (SSSR count). The van der Waals surface area contributed by atoms with Crippen LogP contribution in [-0.4, -0.2) is 47.0 Å². The Kier molecular flexibility index (Phi) is 10.8. The Balaban J connectivity index is 2.48. The van der Waals surface area contributed by atoms with E-state index in [1.54, 1.807) is 37.8 Å². The zero-order valence-electron chi connectivity index (χ0n) is 22.7. The number of ether oxygens (including phenoxy) is 1. The van der Waals surface area contributed by atoms with Crippen molar-refractivity contribution in [3.63, 3.8) is 0 Å². The van der Waals surface area contributed by atoms with Crippen molar-refractivity contribution in [1.82, 2.24) is 15.5 Å². The van der Waals surface area contributed by atoms with E-state index in [0.717, 1.165) is 32.1 Å². The molecule has 1 aromatic carbocycles. The lowest BCUT2D eigenvalue weighted by Gasteiger charge is -2.44. The van der Waals surface area contributed by atoms with E-state index in [0.29, 0.717) is 24.1 Å². The molecule has 3 amide bonds. The molecule has 1 aliphatic carbocycles. The van der Waals surface area contributed by atoms with Crippen LogP contribution in [0.3, 0.4) is 0 Å². The van der Waals surface area contributed by atoms with Gasteiger partial charge in [-0.3, -0.25) is 9.59 Å². The third kappa shape index (κ3) is 8.01. The Morgan fingerprint density at radius 3 is 2.28 bits per heavy atom. The molecule has 1 aliphatic rings. The van der Waals surface area contributed by atoms with E-state index in [9.17, 15) is 14.4 Å². The number of nitrogens with zero attached hydrogens (tertiary/aromatic N) is 1. The van der Waals surface area contributed by atoms with Gasteiger partial charge in [-0.15, -0.1) is 6.42 Å². The highest BCUT2D eigenvalue weighted by atomic mass is 16.6. The molecule has 1 aromatic rings. The van der Waals surface area contributed by atoms with Crippen LogP contribution in [0.1, 0.15) is 97.2 Å². The average molecular weight is 498 g/mol. The van der Waals surface area contributed by atoms with E-state index < -0.39 is 23.8 Å². The predicted molar refractivity (Wildman–Crippen MR) is 142 cm³/mol. The highest BCUT2D eigenvalue weighted by Gasteiger charge is 2.43. The number of hydrogen-bond donors (Lipinski definition) is 2. The van der Waals surface area contributed by atoms with Crippen LogP contribution in [0.5, 0.6) is 0 Å². The fourth-order valence-electron chi connectivity index (χ4n) is 4.15. The SMILES string of the molecule is C#Cc1ccc(C(C(=O)NCCCC)N(C(=O)C(NC(=O)OC(C)(C)C)C(C)CC)C2CCC2)cc1. The van der Waals surface area contributed by atoms with Gasteiger partial charge in [0.1, 0.15) is 17.7 Å². The minimum Gasteiger partial charge on any atom is -0.444 e. The highest BCUT2D eigenvalue weighted by Crippen LogP contribution is 2.34. The lowest BCUT2D eigenvalue weighted by molar-refractivity contribution is -0.148. The Labute approximate surface area is 216 Å². The summed E-state index contributed by atoms with van der Waals surface area (Å²) in [4.78, 5) is 42.2. The third-order valence-corrected chi connectivity index (χ3v) is 6.62. The maximum Gasteiger partial charge on any atom is 0.408 e. The lowest BCUT2D eigenvalue weighted by atomic mass is 9.86. The monoisotopic (exact) mass is 497 g/mol. The van der Waals surface area contributed by atoms with E-state index >= 15 is 0 Å². The van der Waals surface area contributed by atoms with Gasteiger partial charge in [-0.05, 0) is 70.1 Å². The number of alkyl carbamates (subject to hydrolysis) is 1. The van der Waals surface area contributed by atoms with Crippen molar-refractivity contribution >= 4 is 17.9 Å². The average Bonchev–Trinajstić information content (AvgIpc) is 2.79. The summed E-state index contributed by atoms with van der Waals surface area (Å²) in [6.07, 6.45) is 9.98. The van der Waals surface area contributed by atoms with Gasteiger partial charge >= 0.3 is 6.09 Å². The zero-order chi connectivity index (χ0) is 26.9. The van der Waals surface area contributed by atoms with Gasteiger partial charge in [0.05, 0.1) is 0 Å². The molecule has 198 valence electrons. The van der Waals surface area contributed by atoms with Crippen LogP contribution in [0, 0.1) is 18.3 Å². The van der Waals surface area contributed by atoms with Gasteiger partial charge in [0, 0.05) is 18.2 Å². The van der Waals surface area contributed by atoms with Crippen molar-refractivity contribution in [2.75, 3.05) is 6.54 Å². The van der Waals surface area contributed by atoms with Crippen molar-refractivity contribution < 1.29 is 19.1 Å². The number of hydrogen-bond acceptors (Lipinski definition) is 4. The first-order chi connectivity index (χ1) is 17.0. The van der Waals surface area contributed by atoms with E-state index in [2.05, 4.69) is 23.5 Å². The van der Waals surface area contributed by atoms with Gasteiger partial charge < -0.3 is 20.3 Å². The van der Waals surface area contributed by atoms with Crippen LogP contribution in [0.25, 0.3) is 0 Å². The minimum atomic E-state index is -0.821. The van der Waals surface area contributed by atoms with Crippen molar-refractivity contribution in [2.45, 2.75) is 104 Å². The summed E-state index contributed by atoms with van der Waals surface area (Å²) in [7, 11) is 0. The number of terminal acetylenes is 1. The summed E-state index contributed by atoms with van der Waals surface area (Å²) in [6, 6.07) is 5.49. The molecular formula is C29H43N3O4. The Morgan fingerprint density at radius 2 is 1.81 bits per heavy atom. The molecule has 3 unspecified atom stereocenters. The van der Waals surface area contributed by atoms with Crippen LogP contribution in [0.2, 0.25) is 0 Å². The minimum absolute atomic E-state index is 0.0845. The van der Waals surface area contributed by atoms with Crippen LogP contribution in [0.4, 0.5) is 4.79 Å². The fraction of sp³-hybridized carbons (Fsp3) is 0.621. The second kappa shape index (κ2) is 13.3. The number of unbranched alkanes of at least 4 members (excludes halogenated alkanes) is 1. The molecule has 1 fully saturated rings. The summed E-state index contributed by atoms with van der Waals surface area (Å²) in [5, 5.41) is 5.83. The van der Waals surface area contributed by atoms with Gasteiger partial charge in [-0.1, -0.05) is 51.7 Å². The van der Waals surface area contributed by atoms with E-state index in [4.69, 9.17) is 11.2 Å². The molecule has 0 radical (unpaired) electrons. The molecule has 0 saturated heterocycles. The molecule has 0 aliphatic heterocycles. The molecule has 0 heterocycles. The summed E-state index contributed by atoms with van der Waals surface area (Å²) in [6.45, 7) is 11.8. The number of carbonyl (C=O) groups excluding carboxylic acids is 3. The second-order valence-electron chi connectivity index (χ2n) is 10.7. The smallest absolute Gasteiger partial charge is 0.408 e. The van der Waals surface area contributed by atoms with Gasteiger partial charge in [0.2, 0.25) is 11.8 Å². The maximum atomic E-state index is 14.2. The molecule has 1 saturated carbocycles. The van der Waals surface area contributed by atoms with Crippen LogP contribution in [-0.2, 0) is 14.3 Å². The lowest BCUT2D eigenvalue weighted by Crippen LogP contribution is -2.59. The molecule has 2 N–H and O–H groups in total. The summed E-state index contributed by atoms with van der Waals surface area (Å²) < 4.78 is 5.46. The van der Waals surface area contributed by atoms with Crippen molar-refractivity contribution in [3.8, 4) is 12.3 Å². The first-order valence-corrected chi connectivity index (χ1v) is 13.2. The van der Waals surface area contributed by atoms with Crippen molar-refractivity contribution in [2.24, 2.45) is 5.92 Å². The number of carbonyl (C=O) groups is 3. The molecular weight excluding hydrogens is 454 g/mol. The Hall–Kier alpha value is -3.01. The highest BCUT2D eigenvalue weighted by molar-refractivity contribution is 5.92. The summed E-state index contributed by atoms with van der Waals surface area (Å²) >= 11 is 0. The normalized spacial score (nSPS) is 16.0. The standard InChI is InChI=1S/C29H43N3O4/c1-8-11-19-30-26(33)25(22-17-15-21(10-3)16-18-22)32(23-13-12-14-23)27(34)24(20(4)9-2)31-28(35)36-29(5,6)7/h3,15-18,20,23-25H,8-9,11-14,19H2,1-2,4-7H3,(H,30,33)(H,31,35). The van der Waals surface area contributed by atoms with Crippen LogP contribution in [0.15, 0.2) is 24.3 Å². The first-order valence-electron chi connectivity index (χ1n) is 13.2. The van der Waals surface area contributed by atoms with Crippen LogP contribution >= 0.6 is 0 Å². The van der Waals surface area contributed by atoms with E-state index in [1.807, 2.05) is 26.0 Å². The zero-order valence-corrected chi connectivity index (χ0v) is 22.7. The number of nitrogens with one attached hydrogen (secondary N) is 2. The summed E-state index contributed by atoms with van der Waals surface area (Å²) in [5.41, 5.74) is 0.708. The third-order valence-electron chi connectivity index (χ3n) is 6.62.